The first-order chi connectivity index (χ1) is 9.47. The Morgan fingerprint density at radius 1 is 1.45 bits per heavy atom. The number of urea groups is 1. The number of carbonyl (C=O) groups is 2. The van der Waals surface area contributed by atoms with E-state index in [2.05, 4.69) is 33.5 Å². The van der Waals surface area contributed by atoms with Gasteiger partial charge in [-0.25, -0.2) is 9.59 Å². The van der Waals surface area contributed by atoms with Crippen molar-refractivity contribution in [3.63, 3.8) is 0 Å². The molecule has 108 valence electrons. The Labute approximate surface area is 125 Å². The molecule has 1 saturated carbocycles. The lowest BCUT2D eigenvalue weighted by Gasteiger charge is -2.13. The Balaban J connectivity index is 1.94. The van der Waals surface area contributed by atoms with Crippen LogP contribution in [0.5, 0.6) is 0 Å². The van der Waals surface area contributed by atoms with Crippen molar-refractivity contribution < 1.29 is 14.7 Å². The highest BCUT2D eigenvalue weighted by Gasteiger charge is 2.27. The molecule has 1 fully saturated rings. The van der Waals surface area contributed by atoms with Crippen LogP contribution in [-0.2, 0) is 0 Å². The molecule has 2 amide bonds. The highest BCUT2D eigenvalue weighted by atomic mass is 79.9. The molecule has 1 atom stereocenters. The second kappa shape index (κ2) is 6.26. The maximum absolute atomic E-state index is 11.8. The Morgan fingerprint density at radius 2 is 2.15 bits per heavy atom. The molecule has 5 nitrogen and oxygen atoms in total. The highest BCUT2D eigenvalue weighted by Crippen LogP contribution is 2.36. The molecular formula is C14H17BrN2O3. The largest absolute Gasteiger partial charge is 0.478 e. The Bertz CT molecular complexity index is 529. The van der Waals surface area contributed by atoms with Gasteiger partial charge in [-0.3, -0.25) is 0 Å². The van der Waals surface area contributed by atoms with Gasteiger partial charge < -0.3 is 15.7 Å². The van der Waals surface area contributed by atoms with Gasteiger partial charge in [0.05, 0.1) is 11.3 Å². The van der Waals surface area contributed by atoms with Crippen LogP contribution < -0.4 is 10.6 Å². The number of hydrogen-bond donors (Lipinski definition) is 3. The van der Waals surface area contributed by atoms with Gasteiger partial charge in [0.15, 0.2) is 0 Å². The zero-order valence-electron chi connectivity index (χ0n) is 11.1. The van der Waals surface area contributed by atoms with Crippen LogP contribution in [-0.4, -0.2) is 23.7 Å². The van der Waals surface area contributed by atoms with Gasteiger partial charge in [-0.05, 0) is 42.9 Å². The zero-order valence-corrected chi connectivity index (χ0v) is 12.7. The van der Waals surface area contributed by atoms with Crippen LogP contribution in [0.3, 0.4) is 0 Å². The average Bonchev–Trinajstić information content (AvgIpc) is 3.22. The molecule has 0 aliphatic heterocycles. The normalized spacial score (nSPS) is 15.5. The number of benzene rings is 1. The Kier molecular flexibility index (Phi) is 4.65. The quantitative estimate of drug-likeness (QED) is 0.769. The molecule has 1 aliphatic carbocycles. The van der Waals surface area contributed by atoms with E-state index >= 15 is 0 Å². The van der Waals surface area contributed by atoms with E-state index in [1.165, 1.54) is 18.9 Å². The molecule has 2 rings (SSSR count). The maximum Gasteiger partial charge on any atom is 0.337 e. The molecule has 0 radical (unpaired) electrons. The fourth-order valence-electron chi connectivity index (χ4n) is 2.05. The van der Waals surface area contributed by atoms with E-state index < -0.39 is 5.97 Å². The van der Waals surface area contributed by atoms with E-state index in [1.54, 1.807) is 12.1 Å². The zero-order chi connectivity index (χ0) is 14.7. The summed E-state index contributed by atoms with van der Waals surface area (Å²) in [5, 5.41) is 14.5. The molecular weight excluding hydrogens is 324 g/mol. The Morgan fingerprint density at radius 3 is 2.75 bits per heavy atom. The van der Waals surface area contributed by atoms with E-state index in [9.17, 15) is 9.59 Å². The first-order valence-corrected chi connectivity index (χ1v) is 7.34. The number of carbonyl (C=O) groups excluding carboxylic acids is 1. The lowest BCUT2D eigenvalue weighted by molar-refractivity contribution is 0.0698. The summed E-state index contributed by atoms with van der Waals surface area (Å²) in [6.07, 6.45) is 2.47. The summed E-state index contributed by atoms with van der Waals surface area (Å²) in [4.78, 5) is 22.9. The van der Waals surface area contributed by atoms with Crippen LogP contribution in [0.4, 0.5) is 10.5 Å². The molecule has 3 N–H and O–H groups in total. The van der Waals surface area contributed by atoms with E-state index in [4.69, 9.17) is 5.11 Å². The molecule has 6 heteroatoms. The van der Waals surface area contributed by atoms with Crippen LogP contribution in [0.15, 0.2) is 22.7 Å². The van der Waals surface area contributed by atoms with Crippen molar-refractivity contribution in [2.24, 2.45) is 11.8 Å². The summed E-state index contributed by atoms with van der Waals surface area (Å²) in [5.74, 6) is 0.107. The van der Waals surface area contributed by atoms with Gasteiger partial charge in [-0.1, -0.05) is 22.9 Å². The molecule has 1 unspecified atom stereocenters. The van der Waals surface area contributed by atoms with Gasteiger partial charge in [-0.15, -0.1) is 0 Å². The predicted molar refractivity (Wildman–Crippen MR) is 80.0 cm³/mol. The van der Waals surface area contributed by atoms with Crippen LogP contribution in [0, 0.1) is 11.8 Å². The second-order valence-electron chi connectivity index (χ2n) is 5.14. The van der Waals surface area contributed by atoms with Crippen molar-refractivity contribution in [3.8, 4) is 0 Å². The van der Waals surface area contributed by atoms with E-state index in [0.717, 1.165) is 5.92 Å². The van der Waals surface area contributed by atoms with Crippen LogP contribution in [0.1, 0.15) is 30.1 Å². The maximum atomic E-state index is 11.8. The van der Waals surface area contributed by atoms with E-state index in [-0.39, 0.29) is 17.3 Å². The summed E-state index contributed by atoms with van der Waals surface area (Å²) < 4.78 is 0.656. The molecule has 1 aromatic carbocycles. The van der Waals surface area contributed by atoms with E-state index in [1.807, 2.05) is 0 Å². The smallest absolute Gasteiger partial charge is 0.337 e. The van der Waals surface area contributed by atoms with Gasteiger partial charge in [0.1, 0.15) is 0 Å². The number of carboxylic acid groups (broad SMARTS) is 1. The summed E-state index contributed by atoms with van der Waals surface area (Å²) in [7, 11) is 0. The third-order valence-corrected chi connectivity index (χ3v) is 3.96. The average molecular weight is 341 g/mol. The molecule has 1 aliphatic rings. The monoisotopic (exact) mass is 340 g/mol. The lowest BCUT2D eigenvalue weighted by atomic mass is 10.1. The van der Waals surface area contributed by atoms with Gasteiger partial charge in [-0.2, -0.15) is 0 Å². The topological polar surface area (TPSA) is 78.4 Å². The van der Waals surface area contributed by atoms with Crippen LogP contribution >= 0.6 is 15.9 Å². The minimum absolute atomic E-state index is 0.0600. The first-order valence-electron chi connectivity index (χ1n) is 6.55. The number of aromatic carboxylic acids is 1. The number of hydrogen-bond acceptors (Lipinski definition) is 2. The third kappa shape index (κ3) is 3.96. The van der Waals surface area contributed by atoms with Crippen molar-refractivity contribution >= 4 is 33.6 Å². The summed E-state index contributed by atoms with van der Waals surface area (Å²) >= 11 is 3.21. The van der Waals surface area contributed by atoms with E-state index in [0.29, 0.717) is 16.9 Å². The highest BCUT2D eigenvalue weighted by molar-refractivity contribution is 9.10. The molecule has 0 spiro atoms. The molecule has 0 saturated heterocycles. The van der Waals surface area contributed by atoms with Crippen molar-refractivity contribution in [1.82, 2.24) is 5.32 Å². The van der Waals surface area contributed by atoms with Crippen molar-refractivity contribution in [2.75, 3.05) is 11.9 Å². The summed E-state index contributed by atoms with van der Waals surface area (Å²) in [6, 6.07) is 4.35. The van der Waals surface area contributed by atoms with Crippen LogP contribution in [0.2, 0.25) is 0 Å². The van der Waals surface area contributed by atoms with Gasteiger partial charge >= 0.3 is 12.0 Å². The molecule has 0 aromatic heterocycles. The Hall–Kier alpha value is -1.56. The molecule has 1 aromatic rings. The number of halogens is 1. The molecule has 20 heavy (non-hydrogen) atoms. The number of anilines is 1. The number of carboxylic acids is 1. The number of rotatable bonds is 5. The predicted octanol–water partition coefficient (Wildman–Crippen LogP) is 3.31. The fourth-order valence-corrected chi connectivity index (χ4v) is 2.42. The molecule has 0 bridgehead atoms. The minimum Gasteiger partial charge on any atom is -0.478 e. The van der Waals surface area contributed by atoms with Crippen molar-refractivity contribution in [2.45, 2.75) is 19.8 Å². The third-order valence-electron chi connectivity index (χ3n) is 3.47. The summed E-state index contributed by atoms with van der Waals surface area (Å²) in [6.45, 7) is 2.72. The van der Waals surface area contributed by atoms with Crippen LogP contribution in [0.25, 0.3) is 0 Å². The first kappa shape index (κ1) is 14.8. The number of nitrogens with one attached hydrogen (secondary N) is 2. The van der Waals surface area contributed by atoms with Gasteiger partial charge in [0.2, 0.25) is 0 Å². The minimum atomic E-state index is -1.08. The fraction of sp³-hybridized carbons (Fsp3) is 0.429. The van der Waals surface area contributed by atoms with Gasteiger partial charge in [0.25, 0.3) is 0 Å². The standard InChI is InChI=1S/C14H17BrN2O3/c1-8(9-2-3-9)7-16-14(20)17-12-5-4-10(15)6-11(12)13(18)19/h4-6,8-9H,2-3,7H2,1H3,(H,18,19)(H2,16,17,20). The summed E-state index contributed by atoms with van der Waals surface area (Å²) in [5.41, 5.74) is 0.349. The van der Waals surface area contributed by atoms with Crippen molar-refractivity contribution in [3.05, 3.63) is 28.2 Å². The lowest BCUT2D eigenvalue weighted by Crippen LogP contribution is -2.33. The second-order valence-corrected chi connectivity index (χ2v) is 6.06. The number of amides is 2. The van der Waals surface area contributed by atoms with Crippen molar-refractivity contribution in [1.29, 1.82) is 0 Å². The molecule has 0 heterocycles. The SMILES string of the molecule is CC(CNC(=O)Nc1ccc(Br)cc1C(=O)O)C1CC1. The van der Waals surface area contributed by atoms with Gasteiger partial charge in [0, 0.05) is 11.0 Å².